The van der Waals surface area contributed by atoms with Gasteiger partial charge in [0.25, 0.3) is 0 Å². The van der Waals surface area contributed by atoms with Crippen molar-refractivity contribution < 1.29 is 19.5 Å². The van der Waals surface area contributed by atoms with Gasteiger partial charge in [-0.3, -0.25) is 4.79 Å². The third kappa shape index (κ3) is 4.79. The zero-order valence-electron chi connectivity index (χ0n) is 12.0. The lowest BCUT2D eigenvalue weighted by molar-refractivity contribution is -0.139. The number of hydrogen-bond acceptors (Lipinski definition) is 3. The standard InChI is InChI=1S/C14H19N3O4/c1-3-17(9-11(18)15-2)14(21)16-12(13(19)20)10-7-5-4-6-8-10/h4-8,12H,3,9H2,1-2H3,(H,15,18)(H,16,21)(H,19,20)/t12-/m0/s1. The van der Waals surface area contributed by atoms with Crippen LogP contribution in [-0.2, 0) is 9.59 Å². The summed E-state index contributed by atoms with van der Waals surface area (Å²) in [6.07, 6.45) is 0. The number of amides is 3. The SMILES string of the molecule is CCN(CC(=O)NC)C(=O)N[C@H](C(=O)O)c1ccccc1. The highest BCUT2D eigenvalue weighted by Gasteiger charge is 2.24. The fraction of sp³-hybridized carbons (Fsp3) is 0.357. The summed E-state index contributed by atoms with van der Waals surface area (Å²) in [5.41, 5.74) is 0.467. The summed E-state index contributed by atoms with van der Waals surface area (Å²) in [5, 5.41) is 14.1. The highest BCUT2D eigenvalue weighted by atomic mass is 16.4. The van der Waals surface area contributed by atoms with Gasteiger partial charge in [0.2, 0.25) is 5.91 Å². The Labute approximate surface area is 122 Å². The van der Waals surface area contributed by atoms with Gasteiger partial charge in [-0.25, -0.2) is 9.59 Å². The number of benzene rings is 1. The molecule has 3 N–H and O–H groups in total. The second-order valence-electron chi connectivity index (χ2n) is 4.32. The average molecular weight is 293 g/mol. The number of carbonyl (C=O) groups excluding carboxylic acids is 2. The number of likely N-dealkylation sites (N-methyl/N-ethyl adjacent to an activating group) is 2. The Hall–Kier alpha value is -2.57. The Morgan fingerprint density at radius 2 is 1.86 bits per heavy atom. The number of nitrogens with zero attached hydrogens (tertiary/aromatic N) is 1. The first kappa shape index (κ1) is 16.5. The Bertz CT molecular complexity index is 504. The van der Waals surface area contributed by atoms with Crippen molar-refractivity contribution in [3.63, 3.8) is 0 Å². The van der Waals surface area contributed by atoms with Gasteiger partial charge in [0.15, 0.2) is 6.04 Å². The molecule has 1 rings (SSSR count). The fourth-order valence-corrected chi connectivity index (χ4v) is 1.73. The lowest BCUT2D eigenvalue weighted by Gasteiger charge is -2.23. The van der Waals surface area contributed by atoms with Crippen LogP contribution >= 0.6 is 0 Å². The van der Waals surface area contributed by atoms with Crippen molar-refractivity contribution >= 4 is 17.9 Å². The zero-order chi connectivity index (χ0) is 15.8. The van der Waals surface area contributed by atoms with Gasteiger partial charge < -0.3 is 20.6 Å². The summed E-state index contributed by atoms with van der Waals surface area (Å²) in [7, 11) is 1.47. The summed E-state index contributed by atoms with van der Waals surface area (Å²) >= 11 is 0. The monoisotopic (exact) mass is 293 g/mol. The van der Waals surface area contributed by atoms with Crippen molar-refractivity contribution in [2.75, 3.05) is 20.1 Å². The van der Waals surface area contributed by atoms with Crippen molar-refractivity contribution in [3.8, 4) is 0 Å². The fourth-order valence-electron chi connectivity index (χ4n) is 1.73. The maximum Gasteiger partial charge on any atom is 0.330 e. The molecule has 114 valence electrons. The van der Waals surface area contributed by atoms with Crippen LogP contribution < -0.4 is 10.6 Å². The van der Waals surface area contributed by atoms with Gasteiger partial charge in [-0.15, -0.1) is 0 Å². The number of carboxylic acids is 1. The van der Waals surface area contributed by atoms with E-state index in [0.29, 0.717) is 12.1 Å². The molecule has 0 bridgehead atoms. The number of urea groups is 1. The predicted molar refractivity (Wildman–Crippen MR) is 76.7 cm³/mol. The molecule has 21 heavy (non-hydrogen) atoms. The minimum absolute atomic E-state index is 0.125. The van der Waals surface area contributed by atoms with Crippen LogP contribution in [0.25, 0.3) is 0 Å². The van der Waals surface area contributed by atoms with E-state index in [4.69, 9.17) is 0 Å². The lowest BCUT2D eigenvalue weighted by Crippen LogP contribution is -2.47. The Morgan fingerprint density at radius 1 is 1.24 bits per heavy atom. The summed E-state index contributed by atoms with van der Waals surface area (Å²) in [6, 6.07) is 6.63. The predicted octanol–water partition coefficient (Wildman–Crippen LogP) is 0.590. The van der Waals surface area contributed by atoms with Crippen molar-refractivity contribution in [1.29, 1.82) is 0 Å². The number of hydrogen-bond donors (Lipinski definition) is 3. The van der Waals surface area contributed by atoms with E-state index in [1.807, 2.05) is 0 Å². The average Bonchev–Trinajstić information content (AvgIpc) is 2.50. The Morgan fingerprint density at radius 3 is 2.33 bits per heavy atom. The Kier molecular flexibility index (Phi) is 6.19. The van der Waals surface area contributed by atoms with Crippen LogP contribution in [0.2, 0.25) is 0 Å². The first-order valence-corrected chi connectivity index (χ1v) is 6.53. The van der Waals surface area contributed by atoms with Gasteiger partial charge in [-0.2, -0.15) is 0 Å². The summed E-state index contributed by atoms with van der Waals surface area (Å²) < 4.78 is 0. The van der Waals surface area contributed by atoms with Crippen molar-refractivity contribution in [3.05, 3.63) is 35.9 Å². The molecule has 0 aliphatic carbocycles. The summed E-state index contributed by atoms with van der Waals surface area (Å²) in [5.74, 6) is -1.48. The number of rotatable bonds is 6. The molecule has 1 atom stereocenters. The zero-order valence-corrected chi connectivity index (χ0v) is 12.0. The maximum absolute atomic E-state index is 12.1. The van der Waals surface area contributed by atoms with Gasteiger partial charge in [0, 0.05) is 13.6 Å². The van der Waals surface area contributed by atoms with E-state index in [2.05, 4.69) is 10.6 Å². The maximum atomic E-state index is 12.1. The second kappa shape index (κ2) is 7.88. The van der Waals surface area contributed by atoms with Crippen LogP contribution in [0.5, 0.6) is 0 Å². The molecule has 1 aromatic carbocycles. The largest absolute Gasteiger partial charge is 0.479 e. The second-order valence-corrected chi connectivity index (χ2v) is 4.32. The lowest BCUT2D eigenvalue weighted by atomic mass is 10.1. The number of aliphatic carboxylic acids is 1. The van der Waals surface area contributed by atoms with E-state index in [1.54, 1.807) is 37.3 Å². The van der Waals surface area contributed by atoms with Crippen LogP contribution in [-0.4, -0.2) is 48.1 Å². The number of nitrogens with one attached hydrogen (secondary N) is 2. The molecule has 0 unspecified atom stereocenters. The Balaban J connectivity index is 2.81. The highest BCUT2D eigenvalue weighted by molar-refractivity contribution is 5.87. The molecule has 0 saturated heterocycles. The molecular formula is C14H19N3O4. The molecule has 0 aliphatic rings. The van der Waals surface area contributed by atoms with Crippen molar-refractivity contribution in [2.24, 2.45) is 0 Å². The van der Waals surface area contributed by atoms with Crippen LogP contribution in [0.4, 0.5) is 4.79 Å². The first-order valence-electron chi connectivity index (χ1n) is 6.53. The van der Waals surface area contributed by atoms with E-state index in [9.17, 15) is 19.5 Å². The molecule has 1 aromatic rings. The summed E-state index contributed by atoms with van der Waals surface area (Å²) in [4.78, 5) is 36.0. The number of carboxylic acid groups (broad SMARTS) is 1. The molecule has 0 heterocycles. The van der Waals surface area contributed by atoms with Gasteiger partial charge in [0.1, 0.15) is 6.54 Å². The molecule has 7 nitrogen and oxygen atoms in total. The van der Waals surface area contributed by atoms with Crippen LogP contribution in [0.15, 0.2) is 30.3 Å². The molecule has 0 spiro atoms. The van der Waals surface area contributed by atoms with Crippen LogP contribution in [0.1, 0.15) is 18.5 Å². The molecule has 0 fully saturated rings. The van der Waals surface area contributed by atoms with E-state index in [1.165, 1.54) is 11.9 Å². The normalized spacial score (nSPS) is 11.3. The van der Waals surface area contributed by atoms with Gasteiger partial charge in [-0.05, 0) is 12.5 Å². The summed E-state index contributed by atoms with van der Waals surface area (Å²) in [6.45, 7) is 1.88. The molecule has 3 amide bonds. The van der Waals surface area contributed by atoms with E-state index < -0.39 is 18.0 Å². The van der Waals surface area contributed by atoms with E-state index in [-0.39, 0.29) is 12.5 Å². The molecule has 0 aromatic heterocycles. The topological polar surface area (TPSA) is 98.7 Å². The third-order valence-corrected chi connectivity index (χ3v) is 2.93. The third-order valence-electron chi connectivity index (χ3n) is 2.93. The number of carbonyl (C=O) groups is 3. The van der Waals surface area contributed by atoms with Crippen LogP contribution in [0, 0.1) is 0 Å². The van der Waals surface area contributed by atoms with Crippen LogP contribution in [0.3, 0.4) is 0 Å². The van der Waals surface area contributed by atoms with Gasteiger partial charge in [-0.1, -0.05) is 30.3 Å². The highest BCUT2D eigenvalue weighted by Crippen LogP contribution is 2.13. The minimum Gasteiger partial charge on any atom is -0.479 e. The minimum atomic E-state index is -1.16. The molecule has 0 aliphatic heterocycles. The molecule has 0 saturated carbocycles. The van der Waals surface area contributed by atoms with Gasteiger partial charge in [0.05, 0.1) is 0 Å². The first-order chi connectivity index (χ1) is 9.99. The van der Waals surface area contributed by atoms with E-state index >= 15 is 0 Å². The van der Waals surface area contributed by atoms with Crippen molar-refractivity contribution in [1.82, 2.24) is 15.5 Å². The molecule has 0 radical (unpaired) electrons. The van der Waals surface area contributed by atoms with E-state index in [0.717, 1.165) is 0 Å². The van der Waals surface area contributed by atoms with Gasteiger partial charge >= 0.3 is 12.0 Å². The molecule has 7 heteroatoms. The quantitative estimate of drug-likeness (QED) is 0.715. The molecular weight excluding hydrogens is 274 g/mol. The van der Waals surface area contributed by atoms with Crippen molar-refractivity contribution in [2.45, 2.75) is 13.0 Å². The smallest absolute Gasteiger partial charge is 0.330 e.